The van der Waals surface area contributed by atoms with Crippen molar-refractivity contribution in [3.8, 4) is 0 Å². The number of hydrogen-bond donors (Lipinski definition) is 2. The SMILES string of the molecule is O=C(O)c1cccc(NC(=O)c2cc(Cl)ncc2Cl)c1. The molecule has 0 saturated carbocycles. The van der Waals surface area contributed by atoms with Crippen LogP contribution in [0.1, 0.15) is 20.7 Å². The van der Waals surface area contributed by atoms with Crippen molar-refractivity contribution in [2.24, 2.45) is 0 Å². The molecule has 0 aliphatic carbocycles. The Kier molecular flexibility index (Phi) is 4.22. The van der Waals surface area contributed by atoms with Crippen LogP contribution in [-0.4, -0.2) is 22.0 Å². The number of carboxylic acids is 1. The zero-order valence-corrected chi connectivity index (χ0v) is 11.4. The van der Waals surface area contributed by atoms with Crippen LogP contribution in [0.2, 0.25) is 10.2 Å². The second-order valence-corrected chi connectivity index (χ2v) is 4.62. The number of halogens is 2. The highest BCUT2D eigenvalue weighted by Crippen LogP contribution is 2.20. The molecule has 0 atom stereocenters. The van der Waals surface area contributed by atoms with Gasteiger partial charge in [0.1, 0.15) is 5.15 Å². The van der Waals surface area contributed by atoms with E-state index in [-0.39, 0.29) is 21.3 Å². The predicted octanol–water partition coefficient (Wildman–Crippen LogP) is 3.34. The Labute approximate surface area is 124 Å². The molecule has 0 bridgehead atoms. The molecule has 2 rings (SSSR count). The van der Waals surface area contributed by atoms with Crippen LogP contribution in [0.3, 0.4) is 0 Å². The number of nitrogens with one attached hydrogen (secondary N) is 1. The van der Waals surface area contributed by atoms with Crippen molar-refractivity contribution in [3.63, 3.8) is 0 Å². The fourth-order valence-electron chi connectivity index (χ4n) is 1.52. The van der Waals surface area contributed by atoms with E-state index in [0.717, 1.165) is 0 Å². The molecule has 7 heteroatoms. The van der Waals surface area contributed by atoms with Crippen LogP contribution in [0, 0.1) is 0 Å². The number of nitrogens with zero attached hydrogens (tertiary/aromatic N) is 1. The first kappa shape index (κ1) is 14.3. The summed E-state index contributed by atoms with van der Waals surface area (Å²) in [7, 11) is 0. The van der Waals surface area contributed by atoms with E-state index in [4.69, 9.17) is 28.3 Å². The van der Waals surface area contributed by atoms with Gasteiger partial charge in [-0.05, 0) is 24.3 Å². The third kappa shape index (κ3) is 3.26. The summed E-state index contributed by atoms with van der Waals surface area (Å²) in [5.74, 6) is -1.58. The quantitative estimate of drug-likeness (QED) is 0.852. The van der Waals surface area contributed by atoms with E-state index in [1.807, 2.05) is 0 Å². The summed E-state index contributed by atoms with van der Waals surface area (Å²) in [6.45, 7) is 0. The number of amides is 1. The maximum atomic E-state index is 12.0. The largest absolute Gasteiger partial charge is 0.478 e. The second-order valence-electron chi connectivity index (χ2n) is 3.83. The predicted molar refractivity (Wildman–Crippen MR) is 75.6 cm³/mol. The number of carbonyl (C=O) groups is 2. The standard InChI is InChI=1S/C13H8Cl2N2O3/c14-10-6-16-11(15)5-9(10)12(18)17-8-3-1-2-7(4-8)13(19)20/h1-6H,(H,17,18)(H,19,20). The number of carboxylic acid groups (broad SMARTS) is 1. The molecule has 0 aliphatic heterocycles. The van der Waals surface area contributed by atoms with Crippen molar-refractivity contribution >= 4 is 40.8 Å². The van der Waals surface area contributed by atoms with Gasteiger partial charge in [-0.2, -0.15) is 0 Å². The lowest BCUT2D eigenvalue weighted by molar-refractivity contribution is 0.0696. The fourth-order valence-corrected chi connectivity index (χ4v) is 1.86. The van der Waals surface area contributed by atoms with Crippen LogP contribution >= 0.6 is 23.2 Å². The molecule has 1 heterocycles. The van der Waals surface area contributed by atoms with Crippen LogP contribution < -0.4 is 5.32 Å². The maximum absolute atomic E-state index is 12.0. The van der Waals surface area contributed by atoms with E-state index in [1.165, 1.54) is 30.5 Å². The van der Waals surface area contributed by atoms with Gasteiger partial charge in [0.25, 0.3) is 5.91 Å². The summed E-state index contributed by atoms with van der Waals surface area (Å²) in [4.78, 5) is 26.6. The Bertz CT molecular complexity index is 689. The number of hydrogen-bond acceptors (Lipinski definition) is 3. The van der Waals surface area contributed by atoms with Gasteiger partial charge in [0, 0.05) is 11.9 Å². The van der Waals surface area contributed by atoms with Crippen molar-refractivity contribution in [2.75, 3.05) is 5.32 Å². The Morgan fingerprint density at radius 2 is 1.95 bits per heavy atom. The Balaban J connectivity index is 2.25. The molecule has 102 valence electrons. The molecule has 5 nitrogen and oxygen atoms in total. The van der Waals surface area contributed by atoms with Gasteiger partial charge in [0.15, 0.2) is 0 Å². The third-order valence-electron chi connectivity index (χ3n) is 2.43. The first-order chi connectivity index (χ1) is 9.47. The second kappa shape index (κ2) is 5.90. The van der Waals surface area contributed by atoms with Gasteiger partial charge in [-0.15, -0.1) is 0 Å². The lowest BCUT2D eigenvalue weighted by Crippen LogP contribution is -2.13. The average molecular weight is 311 g/mol. The van der Waals surface area contributed by atoms with E-state index < -0.39 is 11.9 Å². The smallest absolute Gasteiger partial charge is 0.335 e. The highest BCUT2D eigenvalue weighted by Gasteiger charge is 2.13. The van der Waals surface area contributed by atoms with Crippen LogP contribution in [0.25, 0.3) is 0 Å². The number of anilines is 1. The molecular weight excluding hydrogens is 303 g/mol. The van der Waals surface area contributed by atoms with Gasteiger partial charge < -0.3 is 10.4 Å². The lowest BCUT2D eigenvalue weighted by atomic mass is 10.2. The van der Waals surface area contributed by atoms with E-state index in [0.29, 0.717) is 5.69 Å². The van der Waals surface area contributed by atoms with Gasteiger partial charge in [-0.3, -0.25) is 4.79 Å². The zero-order valence-electron chi connectivity index (χ0n) is 9.93. The topological polar surface area (TPSA) is 79.3 Å². The number of aromatic carboxylic acids is 1. The minimum absolute atomic E-state index is 0.0710. The minimum Gasteiger partial charge on any atom is -0.478 e. The van der Waals surface area contributed by atoms with E-state index in [9.17, 15) is 9.59 Å². The van der Waals surface area contributed by atoms with Crippen LogP contribution in [0.5, 0.6) is 0 Å². The Hall–Kier alpha value is -2.11. The molecule has 0 fully saturated rings. The molecular formula is C13H8Cl2N2O3. The van der Waals surface area contributed by atoms with Gasteiger partial charge in [0.2, 0.25) is 0 Å². The highest BCUT2D eigenvalue weighted by molar-refractivity contribution is 6.35. The Morgan fingerprint density at radius 3 is 2.65 bits per heavy atom. The minimum atomic E-state index is -1.08. The number of carbonyl (C=O) groups excluding carboxylic acids is 1. The molecule has 0 radical (unpaired) electrons. The normalized spacial score (nSPS) is 10.1. The van der Waals surface area contributed by atoms with Crippen LogP contribution in [-0.2, 0) is 0 Å². The number of benzene rings is 1. The summed E-state index contributed by atoms with van der Waals surface area (Å²) in [6.07, 6.45) is 1.27. The van der Waals surface area contributed by atoms with Crippen molar-refractivity contribution in [1.82, 2.24) is 4.98 Å². The van der Waals surface area contributed by atoms with Crippen molar-refractivity contribution < 1.29 is 14.7 Å². The van der Waals surface area contributed by atoms with Gasteiger partial charge in [-0.1, -0.05) is 29.3 Å². The van der Waals surface area contributed by atoms with E-state index in [2.05, 4.69) is 10.3 Å². The summed E-state index contributed by atoms with van der Waals surface area (Å²) in [5, 5.41) is 11.7. The van der Waals surface area contributed by atoms with E-state index >= 15 is 0 Å². The van der Waals surface area contributed by atoms with Gasteiger partial charge in [-0.25, -0.2) is 9.78 Å². The molecule has 20 heavy (non-hydrogen) atoms. The van der Waals surface area contributed by atoms with Gasteiger partial charge in [0.05, 0.1) is 16.1 Å². The third-order valence-corrected chi connectivity index (χ3v) is 2.94. The lowest BCUT2D eigenvalue weighted by Gasteiger charge is -2.07. The maximum Gasteiger partial charge on any atom is 0.335 e. The first-order valence-corrected chi connectivity index (χ1v) is 6.18. The molecule has 1 aromatic carbocycles. The van der Waals surface area contributed by atoms with Gasteiger partial charge >= 0.3 is 5.97 Å². The number of aromatic nitrogens is 1. The average Bonchev–Trinajstić information content (AvgIpc) is 2.41. The zero-order chi connectivity index (χ0) is 14.7. The van der Waals surface area contributed by atoms with Crippen LogP contribution in [0.4, 0.5) is 5.69 Å². The molecule has 2 aromatic rings. The van der Waals surface area contributed by atoms with Crippen molar-refractivity contribution in [2.45, 2.75) is 0 Å². The van der Waals surface area contributed by atoms with E-state index in [1.54, 1.807) is 6.07 Å². The molecule has 2 N–H and O–H groups in total. The highest BCUT2D eigenvalue weighted by atomic mass is 35.5. The number of rotatable bonds is 3. The summed E-state index contributed by atoms with van der Waals surface area (Å²) >= 11 is 11.6. The molecule has 1 amide bonds. The van der Waals surface area contributed by atoms with Crippen LogP contribution in [0.15, 0.2) is 36.5 Å². The van der Waals surface area contributed by atoms with Crippen molar-refractivity contribution in [1.29, 1.82) is 0 Å². The monoisotopic (exact) mass is 310 g/mol. The summed E-state index contributed by atoms with van der Waals surface area (Å²) in [5.41, 5.74) is 0.577. The Morgan fingerprint density at radius 1 is 1.20 bits per heavy atom. The van der Waals surface area contributed by atoms with Crippen molar-refractivity contribution in [3.05, 3.63) is 57.8 Å². The number of pyridine rings is 1. The molecule has 0 spiro atoms. The summed E-state index contributed by atoms with van der Waals surface area (Å²) < 4.78 is 0. The first-order valence-electron chi connectivity index (χ1n) is 5.43. The molecule has 1 aromatic heterocycles. The fraction of sp³-hybridized carbons (Fsp3) is 0. The molecule has 0 aliphatic rings. The molecule has 0 unspecified atom stereocenters. The molecule has 0 saturated heterocycles. The summed E-state index contributed by atoms with van der Waals surface area (Å²) in [6, 6.07) is 7.20.